The third-order valence-corrected chi connectivity index (χ3v) is 4.53. The van der Waals surface area contributed by atoms with E-state index in [1.54, 1.807) is 0 Å². The second-order valence-corrected chi connectivity index (χ2v) is 5.26. The summed E-state index contributed by atoms with van der Waals surface area (Å²) in [6, 6.07) is 0. The van der Waals surface area contributed by atoms with E-state index in [2.05, 4.69) is 42.3 Å². The molecular weight excluding hydrogens is 171 g/mol. The summed E-state index contributed by atoms with van der Waals surface area (Å²) >= 11 is 0. The molecule has 14 heavy (non-hydrogen) atoms. The Morgan fingerprint density at radius 1 is 1.36 bits per heavy atom. The SMILES string of the molecule is BC1C(CCC)C2(C)OC2C(B)N1B. The molecule has 5 atom stereocenters. The van der Waals surface area contributed by atoms with Crippen LogP contribution in [0.25, 0.3) is 0 Å². The van der Waals surface area contributed by atoms with Crippen LogP contribution in [0.15, 0.2) is 0 Å². The van der Waals surface area contributed by atoms with E-state index in [4.69, 9.17) is 4.74 Å². The minimum Gasteiger partial charge on any atom is -0.365 e. The van der Waals surface area contributed by atoms with Crippen molar-refractivity contribution in [2.75, 3.05) is 0 Å². The number of ether oxygens (including phenoxy) is 1. The summed E-state index contributed by atoms with van der Waals surface area (Å²) in [5, 5.41) is 0. The Bertz CT molecular complexity index is 238. The molecule has 0 bridgehead atoms. The van der Waals surface area contributed by atoms with Crippen LogP contribution in [0.3, 0.4) is 0 Å². The van der Waals surface area contributed by atoms with Gasteiger partial charge in [0.25, 0.3) is 0 Å². The molecule has 5 unspecified atom stereocenters. The molecule has 5 heteroatoms. The summed E-state index contributed by atoms with van der Waals surface area (Å²) in [7, 11) is 6.87. The Labute approximate surface area is 90.0 Å². The van der Waals surface area contributed by atoms with Gasteiger partial charge in [-0.15, -0.1) is 0 Å². The zero-order valence-corrected chi connectivity index (χ0v) is 10.1. The first kappa shape index (κ1) is 10.6. The minimum absolute atomic E-state index is 0.196. The molecule has 2 saturated heterocycles. The molecule has 0 aliphatic carbocycles. The maximum absolute atomic E-state index is 5.94. The third kappa shape index (κ3) is 1.29. The Morgan fingerprint density at radius 3 is 2.57 bits per heavy atom. The fraction of sp³-hybridized carbons (Fsp3) is 1.00. The van der Waals surface area contributed by atoms with E-state index >= 15 is 0 Å². The number of epoxide rings is 1. The topological polar surface area (TPSA) is 15.8 Å². The first-order valence-electron chi connectivity index (χ1n) is 5.92. The lowest BCUT2D eigenvalue weighted by Gasteiger charge is -2.43. The van der Waals surface area contributed by atoms with Crippen molar-refractivity contribution in [2.24, 2.45) is 5.92 Å². The van der Waals surface area contributed by atoms with Crippen molar-refractivity contribution in [1.29, 1.82) is 0 Å². The first-order valence-corrected chi connectivity index (χ1v) is 5.92. The lowest BCUT2D eigenvalue weighted by Crippen LogP contribution is -2.57. The van der Waals surface area contributed by atoms with Crippen molar-refractivity contribution in [1.82, 2.24) is 4.81 Å². The van der Waals surface area contributed by atoms with E-state index in [0.29, 0.717) is 18.0 Å². The van der Waals surface area contributed by atoms with Crippen molar-refractivity contribution in [3.63, 3.8) is 0 Å². The van der Waals surface area contributed by atoms with E-state index < -0.39 is 0 Å². The van der Waals surface area contributed by atoms with Gasteiger partial charge in [-0.2, -0.15) is 0 Å². The standard InChI is InChI=1S/C9H20B3NO/c1-3-4-5-7(10)13(12)8(11)6-9(5,2)14-6/h5-8H,3-4,10-12H2,1-2H3. The van der Waals surface area contributed by atoms with E-state index in [9.17, 15) is 0 Å². The second-order valence-electron chi connectivity index (χ2n) is 5.26. The Morgan fingerprint density at radius 2 is 2.00 bits per heavy atom. The average molecular weight is 191 g/mol. The molecule has 2 nitrogen and oxygen atoms in total. The molecule has 0 aromatic rings. The first-order chi connectivity index (χ1) is 6.52. The molecule has 0 aromatic carbocycles. The van der Waals surface area contributed by atoms with Crippen LogP contribution in [0.1, 0.15) is 26.7 Å². The molecule has 2 aliphatic rings. The van der Waals surface area contributed by atoms with Gasteiger partial charge in [0.05, 0.1) is 11.7 Å². The summed E-state index contributed by atoms with van der Waals surface area (Å²) in [4.78, 5) is 2.49. The highest BCUT2D eigenvalue weighted by Gasteiger charge is 2.64. The lowest BCUT2D eigenvalue weighted by molar-refractivity contribution is 0.174. The molecule has 0 radical (unpaired) electrons. The molecule has 2 fully saturated rings. The third-order valence-electron chi connectivity index (χ3n) is 4.53. The highest BCUT2D eigenvalue weighted by Crippen LogP contribution is 2.51. The van der Waals surface area contributed by atoms with Gasteiger partial charge in [-0.1, -0.05) is 13.3 Å². The average Bonchev–Trinajstić information content (AvgIpc) is 2.83. The number of hydrogen-bond donors (Lipinski definition) is 0. The Kier molecular flexibility index (Phi) is 2.51. The van der Waals surface area contributed by atoms with Gasteiger partial charge in [0.2, 0.25) is 0 Å². The van der Waals surface area contributed by atoms with Crippen molar-refractivity contribution in [2.45, 2.75) is 50.3 Å². The number of fused-ring (bicyclic) bond motifs is 1. The van der Waals surface area contributed by atoms with Crippen LogP contribution >= 0.6 is 0 Å². The predicted octanol–water partition coefficient (Wildman–Crippen LogP) is -1.66. The molecule has 2 heterocycles. The summed E-state index contributed by atoms with van der Waals surface area (Å²) in [6.07, 6.45) is 3.05. The van der Waals surface area contributed by atoms with Gasteiger partial charge in [0, 0.05) is 0 Å². The quantitative estimate of drug-likeness (QED) is 0.383. The van der Waals surface area contributed by atoms with Crippen LogP contribution in [-0.2, 0) is 4.74 Å². The van der Waals surface area contributed by atoms with Gasteiger partial charge >= 0.3 is 0 Å². The maximum atomic E-state index is 5.94. The van der Waals surface area contributed by atoms with Crippen LogP contribution < -0.4 is 0 Å². The van der Waals surface area contributed by atoms with Crippen LogP contribution in [-0.4, -0.2) is 52.1 Å². The van der Waals surface area contributed by atoms with E-state index in [-0.39, 0.29) is 5.60 Å². The summed E-state index contributed by atoms with van der Waals surface area (Å²) in [5.74, 6) is 1.97. The zero-order valence-electron chi connectivity index (χ0n) is 10.1. The van der Waals surface area contributed by atoms with E-state index in [1.165, 1.54) is 12.8 Å². The molecule has 0 aromatic heterocycles. The number of nitrogens with zero attached hydrogens (tertiary/aromatic N) is 1. The van der Waals surface area contributed by atoms with Gasteiger partial charge in [-0.3, -0.25) is 0 Å². The van der Waals surface area contributed by atoms with Gasteiger partial charge in [0.1, 0.15) is 15.7 Å². The summed E-state index contributed by atoms with van der Waals surface area (Å²) < 4.78 is 5.94. The lowest BCUT2D eigenvalue weighted by atomic mass is 9.63. The fourth-order valence-corrected chi connectivity index (χ4v) is 3.30. The highest BCUT2D eigenvalue weighted by atomic mass is 16.6. The number of piperidine rings is 1. The van der Waals surface area contributed by atoms with Crippen LogP contribution in [0.5, 0.6) is 0 Å². The van der Waals surface area contributed by atoms with Gasteiger partial charge < -0.3 is 9.55 Å². The number of hydrogen-bond acceptors (Lipinski definition) is 2. The van der Waals surface area contributed by atoms with Gasteiger partial charge in [-0.25, -0.2) is 0 Å². The highest BCUT2D eigenvalue weighted by molar-refractivity contribution is 6.22. The number of rotatable bonds is 2. The second kappa shape index (κ2) is 3.31. The van der Waals surface area contributed by atoms with Crippen LogP contribution in [0, 0.1) is 5.92 Å². The van der Waals surface area contributed by atoms with E-state index in [0.717, 1.165) is 5.92 Å². The smallest absolute Gasteiger partial charge is 0.184 e. The molecule has 0 spiro atoms. The molecule has 0 N–H and O–H groups in total. The summed E-state index contributed by atoms with van der Waals surface area (Å²) in [6.45, 7) is 4.57. The van der Waals surface area contributed by atoms with Crippen molar-refractivity contribution in [3.05, 3.63) is 0 Å². The molecule has 2 aliphatic heterocycles. The zero-order chi connectivity index (χ0) is 10.5. The van der Waals surface area contributed by atoms with Gasteiger partial charge in [0.15, 0.2) is 7.98 Å². The molecule has 2 rings (SSSR count). The van der Waals surface area contributed by atoms with E-state index in [1.807, 2.05) is 0 Å². The molecular formula is C9H20B3NO. The Balaban J connectivity index is 2.16. The van der Waals surface area contributed by atoms with Crippen molar-refractivity contribution >= 4 is 23.7 Å². The monoisotopic (exact) mass is 191 g/mol. The Hall–Kier alpha value is 0.115. The molecule has 0 saturated carbocycles. The summed E-state index contributed by atoms with van der Waals surface area (Å²) in [5.41, 5.74) is 0.196. The van der Waals surface area contributed by atoms with Crippen molar-refractivity contribution < 1.29 is 4.74 Å². The van der Waals surface area contributed by atoms with Crippen molar-refractivity contribution in [3.8, 4) is 0 Å². The predicted molar refractivity (Wildman–Crippen MR) is 66.7 cm³/mol. The van der Waals surface area contributed by atoms with Gasteiger partial charge in [-0.05, 0) is 31.1 Å². The van der Waals surface area contributed by atoms with Crippen LogP contribution in [0.2, 0.25) is 0 Å². The van der Waals surface area contributed by atoms with Crippen LogP contribution in [0.4, 0.5) is 0 Å². The molecule has 0 amide bonds. The largest absolute Gasteiger partial charge is 0.365 e. The normalized spacial score (nSPS) is 52.7. The molecule has 76 valence electrons. The maximum Gasteiger partial charge on any atom is 0.184 e. The fourth-order valence-electron chi connectivity index (χ4n) is 3.30. The minimum atomic E-state index is 0.196.